The number of carbonyl (C=O) groups excluding carboxylic acids is 2. The van der Waals surface area contributed by atoms with Crippen molar-refractivity contribution < 1.29 is 19.1 Å². The summed E-state index contributed by atoms with van der Waals surface area (Å²) in [5, 5.41) is 2.92. The molecule has 6 heteroatoms. The zero-order valence-corrected chi connectivity index (χ0v) is 16.5. The molecule has 0 radical (unpaired) electrons. The van der Waals surface area contributed by atoms with Crippen molar-refractivity contribution >= 4 is 11.9 Å². The summed E-state index contributed by atoms with van der Waals surface area (Å²) < 4.78 is 10.2. The van der Waals surface area contributed by atoms with Crippen LogP contribution in [0.2, 0.25) is 0 Å². The standard InChI is InChI=1S/C22H28N2O4/c1-3-28-22(26)17-24(15-19-7-5-4-6-8-19)16-21(25)23-14-13-18-9-11-20(27-2)12-10-18/h4-12H,3,13-17H2,1-2H3,(H,23,25). The number of nitrogens with zero attached hydrogens (tertiary/aromatic N) is 1. The Morgan fingerprint density at radius 1 is 0.964 bits per heavy atom. The maximum absolute atomic E-state index is 12.3. The minimum atomic E-state index is -0.329. The monoisotopic (exact) mass is 384 g/mol. The third-order valence-electron chi connectivity index (χ3n) is 4.17. The van der Waals surface area contributed by atoms with Crippen LogP contribution in [-0.2, 0) is 27.3 Å². The molecule has 0 heterocycles. The van der Waals surface area contributed by atoms with Crippen LogP contribution in [0.25, 0.3) is 0 Å². The third kappa shape index (κ3) is 7.80. The summed E-state index contributed by atoms with van der Waals surface area (Å²) in [4.78, 5) is 26.0. The van der Waals surface area contributed by atoms with Crippen molar-refractivity contribution in [2.45, 2.75) is 19.9 Å². The topological polar surface area (TPSA) is 67.9 Å². The Balaban J connectivity index is 1.84. The number of amides is 1. The molecule has 0 aliphatic carbocycles. The maximum atomic E-state index is 12.3. The largest absolute Gasteiger partial charge is 0.497 e. The van der Waals surface area contributed by atoms with E-state index < -0.39 is 0 Å². The minimum absolute atomic E-state index is 0.0780. The average Bonchev–Trinajstić information content (AvgIpc) is 2.69. The van der Waals surface area contributed by atoms with Crippen molar-refractivity contribution in [3.63, 3.8) is 0 Å². The van der Waals surface area contributed by atoms with Gasteiger partial charge in [-0.15, -0.1) is 0 Å². The van der Waals surface area contributed by atoms with Crippen molar-refractivity contribution in [3.8, 4) is 5.75 Å². The first-order valence-corrected chi connectivity index (χ1v) is 9.42. The van der Waals surface area contributed by atoms with Crippen molar-refractivity contribution in [1.29, 1.82) is 0 Å². The Morgan fingerprint density at radius 3 is 2.32 bits per heavy atom. The van der Waals surface area contributed by atoms with Gasteiger partial charge in [0, 0.05) is 13.1 Å². The van der Waals surface area contributed by atoms with Gasteiger partial charge >= 0.3 is 5.97 Å². The highest BCUT2D eigenvalue weighted by Gasteiger charge is 2.15. The fourth-order valence-corrected chi connectivity index (χ4v) is 2.80. The Hall–Kier alpha value is -2.86. The molecule has 28 heavy (non-hydrogen) atoms. The lowest BCUT2D eigenvalue weighted by molar-refractivity contribution is -0.144. The fraction of sp³-hybridized carbons (Fsp3) is 0.364. The number of benzene rings is 2. The lowest BCUT2D eigenvalue weighted by Crippen LogP contribution is -2.40. The molecule has 0 atom stereocenters. The summed E-state index contributed by atoms with van der Waals surface area (Å²) in [5.74, 6) is 0.363. The molecule has 1 amide bonds. The van der Waals surface area contributed by atoms with Gasteiger partial charge in [0.25, 0.3) is 0 Å². The van der Waals surface area contributed by atoms with Crippen molar-refractivity contribution in [3.05, 3.63) is 65.7 Å². The van der Waals surface area contributed by atoms with E-state index in [1.807, 2.05) is 54.6 Å². The van der Waals surface area contributed by atoms with Gasteiger partial charge in [-0.2, -0.15) is 0 Å². The normalized spacial score (nSPS) is 10.5. The van der Waals surface area contributed by atoms with Crippen molar-refractivity contribution in [1.82, 2.24) is 10.2 Å². The highest BCUT2D eigenvalue weighted by molar-refractivity contribution is 5.79. The summed E-state index contributed by atoms with van der Waals surface area (Å²) in [6, 6.07) is 17.5. The van der Waals surface area contributed by atoms with Crippen LogP contribution < -0.4 is 10.1 Å². The Bertz CT molecular complexity index is 732. The second-order valence-electron chi connectivity index (χ2n) is 6.38. The Kier molecular flexibility index (Phi) is 9.01. The number of methoxy groups -OCH3 is 1. The summed E-state index contributed by atoms with van der Waals surface area (Å²) in [6.45, 7) is 3.34. The third-order valence-corrected chi connectivity index (χ3v) is 4.17. The van der Waals surface area contributed by atoms with Gasteiger partial charge < -0.3 is 14.8 Å². The zero-order valence-electron chi connectivity index (χ0n) is 16.5. The van der Waals surface area contributed by atoms with Crippen LogP contribution in [0.3, 0.4) is 0 Å². The van der Waals surface area contributed by atoms with E-state index in [9.17, 15) is 9.59 Å². The predicted octanol–water partition coefficient (Wildman–Crippen LogP) is 2.42. The molecule has 0 fully saturated rings. The number of hydrogen-bond donors (Lipinski definition) is 1. The molecular weight excluding hydrogens is 356 g/mol. The molecule has 2 rings (SSSR count). The molecular formula is C22H28N2O4. The molecule has 0 unspecified atom stereocenters. The van der Waals surface area contributed by atoms with Gasteiger partial charge in [0.05, 0.1) is 26.8 Å². The van der Waals surface area contributed by atoms with E-state index in [4.69, 9.17) is 9.47 Å². The number of hydrogen-bond acceptors (Lipinski definition) is 5. The van der Waals surface area contributed by atoms with Crippen molar-refractivity contribution in [2.24, 2.45) is 0 Å². The smallest absolute Gasteiger partial charge is 0.320 e. The van der Waals surface area contributed by atoms with Crippen LogP contribution in [0.1, 0.15) is 18.1 Å². The predicted molar refractivity (Wildman–Crippen MR) is 108 cm³/mol. The molecule has 1 N–H and O–H groups in total. The molecule has 6 nitrogen and oxygen atoms in total. The molecule has 0 aliphatic heterocycles. The summed E-state index contributed by atoms with van der Waals surface area (Å²) in [6.07, 6.45) is 0.728. The van der Waals surface area contributed by atoms with Gasteiger partial charge in [-0.05, 0) is 36.6 Å². The average molecular weight is 384 g/mol. The van der Waals surface area contributed by atoms with Crippen LogP contribution in [0.4, 0.5) is 0 Å². The highest BCUT2D eigenvalue weighted by Crippen LogP contribution is 2.11. The lowest BCUT2D eigenvalue weighted by atomic mass is 10.1. The van der Waals surface area contributed by atoms with Crippen LogP contribution in [0, 0.1) is 0 Å². The number of carbonyl (C=O) groups is 2. The fourth-order valence-electron chi connectivity index (χ4n) is 2.80. The lowest BCUT2D eigenvalue weighted by Gasteiger charge is -2.21. The van der Waals surface area contributed by atoms with Gasteiger partial charge in [-0.25, -0.2) is 0 Å². The van der Waals surface area contributed by atoms with Crippen LogP contribution in [0.15, 0.2) is 54.6 Å². The van der Waals surface area contributed by atoms with Crippen molar-refractivity contribution in [2.75, 3.05) is 33.4 Å². The first kappa shape index (κ1) is 21.4. The van der Waals surface area contributed by atoms with E-state index in [0.29, 0.717) is 19.7 Å². The number of esters is 1. The number of rotatable bonds is 11. The Morgan fingerprint density at radius 2 is 1.68 bits per heavy atom. The quantitative estimate of drug-likeness (QED) is 0.603. The maximum Gasteiger partial charge on any atom is 0.320 e. The van der Waals surface area contributed by atoms with Gasteiger partial charge in [-0.3, -0.25) is 14.5 Å². The van der Waals surface area contributed by atoms with Crippen LogP contribution in [-0.4, -0.2) is 50.1 Å². The van der Waals surface area contributed by atoms with E-state index >= 15 is 0 Å². The van der Waals surface area contributed by atoms with Gasteiger partial charge in [-0.1, -0.05) is 42.5 Å². The van der Waals surface area contributed by atoms with E-state index in [1.165, 1.54) is 0 Å². The molecule has 2 aromatic rings. The van der Waals surface area contributed by atoms with E-state index in [2.05, 4.69) is 5.32 Å². The van der Waals surface area contributed by atoms with E-state index in [0.717, 1.165) is 23.3 Å². The first-order chi connectivity index (χ1) is 13.6. The SMILES string of the molecule is CCOC(=O)CN(CC(=O)NCCc1ccc(OC)cc1)Cc1ccccc1. The molecule has 150 valence electrons. The van der Waals surface area contributed by atoms with E-state index in [1.54, 1.807) is 18.9 Å². The van der Waals surface area contributed by atoms with Crippen LogP contribution >= 0.6 is 0 Å². The Labute approximate surface area is 166 Å². The molecule has 2 aromatic carbocycles. The summed E-state index contributed by atoms with van der Waals surface area (Å²) in [7, 11) is 1.63. The molecule has 0 saturated carbocycles. The number of nitrogens with one attached hydrogen (secondary N) is 1. The van der Waals surface area contributed by atoms with Crippen LogP contribution in [0.5, 0.6) is 5.75 Å². The zero-order chi connectivity index (χ0) is 20.2. The number of ether oxygens (including phenoxy) is 2. The molecule has 0 bridgehead atoms. The molecule has 0 aromatic heterocycles. The highest BCUT2D eigenvalue weighted by atomic mass is 16.5. The minimum Gasteiger partial charge on any atom is -0.497 e. The van der Waals surface area contributed by atoms with Gasteiger partial charge in [0.15, 0.2) is 0 Å². The second kappa shape index (κ2) is 11.8. The first-order valence-electron chi connectivity index (χ1n) is 9.42. The molecule has 0 saturated heterocycles. The molecule has 0 aliphatic rings. The van der Waals surface area contributed by atoms with Gasteiger partial charge in [0.2, 0.25) is 5.91 Å². The van der Waals surface area contributed by atoms with Gasteiger partial charge in [0.1, 0.15) is 5.75 Å². The molecule has 0 spiro atoms. The van der Waals surface area contributed by atoms with E-state index in [-0.39, 0.29) is 25.0 Å². The summed E-state index contributed by atoms with van der Waals surface area (Å²) >= 11 is 0. The summed E-state index contributed by atoms with van der Waals surface area (Å²) in [5.41, 5.74) is 2.16. The second-order valence-corrected chi connectivity index (χ2v) is 6.38.